The molecule has 2 aromatic rings. The van der Waals surface area contributed by atoms with E-state index in [2.05, 4.69) is 0 Å². The Hall–Kier alpha value is -2.21. The molecule has 0 aliphatic heterocycles. The largest absolute Gasteiger partial charge is 0.495 e. The smallest absolute Gasteiger partial charge is 0.194 e. The quantitative estimate of drug-likeness (QED) is 0.672. The number of hydrogen-bond donors (Lipinski definition) is 2. The van der Waals surface area contributed by atoms with E-state index < -0.39 is 29.1 Å². The number of ether oxygens (including phenoxy) is 1. The Bertz CT molecular complexity index is 647. The van der Waals surface area contributed by atoms with E-state index in [1.807, 2.05) is 0 Å². The number of aliphatic hydroxyl groups is 1. The van der Waals surface area contributed by atoms with Crippen molar-refractivity contribution in [2.45, 2.75) is 6.10 Å². The van der Waals surface area contributed by atoms with Gasteiger partial charge in [0.15, 0.2) is 17.5 Å². The van der Waals surface area contributed by atoms with Gasteiger partial charge in [-0.15, -0.1) is 0 Å². The van der Waals surface area contributed by atoms with Crippen LogP contribution in [0.5, 0.6) is 5.75 Å². The Balaban J connectivity index is 2.52. The second kappa shape index (κ2) is 5.42. The maximum Gasteiger partial charge on any atom is 0.194 e. The molecule has 0 heterocycles. The highest BCUT2D eigenvalue weighted by molar-refractivity contribution is 5.60. The molecule has 0 amide bonds. The predicted octanol–water partition coefficient (Wildman–Crippen LogP) is 2.78. The minimum absolute atomic E-state index is 0.103. The monoisotopic (exact) mass is 283 g/mol. The van der Waals surface area contributed by atoms with Crippen LogP contribution in [0, 0.1) is 17.5 Å². The maximum atomic E-state index is 13.7. The van der Waals surface area contributed by atoms with Gasteiger partial charge in [-0.05, 0) is 12.1 Å². The highest BCUT2D eigenvalue weighted by Gasteiger charge is 2.22. The molecule has 0 spiro atoms. The minimum Gasteiger partial charge on any atom is -0.495 e. The van der Waals surface area contributed by atoms with Gasteiger partial charge in [-0.1, -0.05) is 18.2 Å². The van der Waals surface area contributed by atoms with Gasteiger partial charge in [-0.25, -0.2) is 13.2 Å². The third kappa shape index (κ3) is 2.30. The van der Waals surface area contributed by atoms with E-state index in [0.29, 0.717) is 5.75 Å². The first kappa shape index (κ1) is 14.2. The van der Waals surface area contributed by atoms with Gasteiger partial charge in [0.25, 0.3) is 0 Å². The minimum atomic E-state index is -1.64. The lowest BCUT2D eigenvalue weighted by atomic mass is 9.99. The number of hydrogen-bond acceptors (Lipinski definition) is 3. The van der Waals surface area contributed by atoms with Crippen LogP contribution in [0.25, 0.3) is 0 Å². The molecule has 3 N–H and O–H groups in total. The second-order valence-corrected chi connectivity index (χ2v) is 4.13. The van der Waals surface area contributed by atoms with Crippen LogP contribution in [0.4, 0.5) is 18.9 Å². The van der Waals surface area contributed by atoms with Gasteiger partial charge < -0.3 is 15.6 Å². The van der Waals surface area contributed by atoms with Crippen molar-refractivity contribution < 1.29 is 23.0 Å². The van der Waals surface area contributed by atoms with Crippen molar-refractivity contribution in [3.8, 4) is 5.75 Å². The van der Waals surface area contributed by atoms with Crippen LogP contribution in [0.3, 0.4) is 0 Å². The zero-order chi connectivity index (χ0) is 14.9. The summed E-state index contributed by atoms with van der Waals surface area (Å²) in [4.78, 5) is 0. The first-order valence-corrected chi connectivity index (χ1v) is 5.71. The molecular weight excluding hydrogens is 271 g/mol. The van der Waals surface area contributed by atoms with Crippen molar-refractivity contribution >= 4 is 5.69 Å². The Morgan fingerprint density at radius 1 is 1.05 bits per heavy atom. The van der Waals surface area contributed by atoms with Crippen molar-refractivity contribution in [3.63, 3.8) is 0 Å². The van der Waals surface area contributed by atoms with Crippen LogP contribution < -0.4 is 10.5 Å². The lowest BCUT2D eigenvalue weighted by Crippen LogP contribution is -2.08. The summed E-state index contributed by atoms with van der Waals surface area (Å²) in [5.41, 5.74) is 5.63. The van der Waals surface area contributed by atoms with Crippen LogP contribution in [-0.2, 0) is 0 Å². The van der Waals surface area contributed by atoms with E-state index in [4.69, 9.17) is 10.5 Å². The highest BCUT2D eigenvalue weighted by Crippen LogP contribution is 2.34. The van der Waals surface area contributed by atoms with E-state index >= 15 is 0 Å². The molecule has 0 bridgehead atoms. The SMILES string of the molecule is COc1cccc(C(O)c2ccc(F)c(F)c2F)c1N. The molecule has 0 saturated heterocycles. The van der Waals surface area contributed by atoms with Crippen molar-refractivity contribution in [1.82, 2.24) is 0 Å². The Labute approximate surface area is 113 Å². The first-order chi connectivity index (χ1) is 9.47. The molecular formula is C14H12F3NO2. The molecule has 20 heavy (non-hydrogen) atoms. The van der Waals surface area contributed by atoms with Crippen molar-refractivity contribution in [3.05, 3.63) is 58.9 Å². The molecule has 1 unspecified atom stereocenters. The van der Waals surface area contributed by atoms with Gasteiger partial charge in [-0.3, -0.25) is 0 Å². The van der Waals surface area contributed by atoms with Crippen LogP contribution in [0.1, 0.15) is 17.2 Å². The molecule has 0 saturated carbocycles. The van der Waals surface area contributed by atoms with Crippen molar-refractivity contribution in [1.29, 1.82) is 0 Å². The number of aliphatic hydroxyl groups excluding tert-OH is 1. The summed E-state index contributed by atoms with van der Waals surface area (Å²) in [5, 5.41) is 10.1. The fourth-order valence-electron chi connectivity index (χ4n) is 1.90. The Kier molecular flexibility index (Phi) is 3.85. The fourth-order valence-corrected chi connectivity index (χ4v) is 1.90. The van der Waals surface area contributed by atoms with Gasteiger partial charge in [0.1, 0.15) is 11.9 Å². The summed E-state index contributed by atoms with van der Waals surface area (Å²) >= 11 is 0. The van der Waals surface area contributed by atoms with E-state index in [-0.39, 0.29) is 11.3 Å². The number of benzene rings is 2. The lowest BCUT2D eigenvalue weighted by Gasteiger charge is -2.16. The molecule has 0 aliphatic carbocycles. The number of anilines is 1. The number of methoxy groups -OCH3 is 1. The Morgan fingerprint density at radius 2 is 1.75 bits per heavy atom. The second-order valence-electron chi connectivity index (χ2n) is 4.13. The van der Waals surface area contributed by atoms with E-state index in [1.54, 1.807) is 12.1 Å². The molecule has 0 fully saturated rings. The lowest BCUT2D eigenvalue weighted by molar-refractivity contribution is 0.213. The summed E-state index contributed by atoms with van der Waals surface area (Å²) in [6.07, 6.45) is -1.53. The molecule has 2 rings (SSSR count). The van der Waals surface area contributed by atoms with Crippen LogP contribution >= 0.6 is 0 Å². The molecule has 6 heteroatoms. The van der Waals surface area contributed by atoms with Gasteiger partial charge in [0, 0.05) is 11.1 Å². The van der Waals surface area contributed by atoms with Crippen molar-refractivity contribution in [2.24, 2.45) is 0 Å². The van der Waals surface area contributed by atoms with Crippen LogP contribution in [0.15, 0.2) is 30.3 Å². The molecule has 2 aromatic carbocycles. The standard InChI is InChI=1S/C14H12F3NO2/c1-20-10-4-2-3-8(13(10)18)14(19)7-5-6-9(15)12(17)11(7)16/h2-6,14,19H,18H2,1H3. The summed E-state index contributed by atoms with van der Waals surface area (Å²) in [7, 11) is 1.39. The van der Waals surface area contributed by atoms with Gasteiger partial charge >= 0.3 is 0 Å². The number of nitrogen functional groups attached to an aromatic ring is 1. The normalized spacial score (nSPS) is 12.2. The first-order valence-electron chi connectivity index (χ1n) is 5.71. The van der Waals surface area contributed by atoms with Gasteiger partial charge in [0.2, 0.25) is 0 Å². The molecule has 1 atom stereocenters. The molecule has 106 valence electrons. The maximum absolute atomic E-state index is 13.7. The fraction of sp³-hybridized carbons (Fsp3) is 0.143. The van der Waals surface area contributed by atoms with Gasteiger partial charge in [0.05, 0.1) is 12.8 Å². The average molecular weight is 283 g/mol. The van der Waals surface area contributed by atoms with E-state index in [9.17, 15) is 18.3 Å². The summed E-state index contributed by atoms with van der Waals surface area (Å²) < 4.78 is 44.7. The molecule has 0 aromatic heterocycles. The van der Waals surface area contributed by atoms with E-state index in [1.165, 1.54) is 13.2 Å². The molecule has 0 radical (unpaired) electrons. The van der Waals surface area contributed by atoms with Crippen molar-refractivity contribution in [2.75, 3.05) is 12.8 Å². The van der Waals surface area contributed by atoms with Gasteiger partial charge in [-0.2, -0.15) is 0 Å². The number of nitrogens with two attached hydrogens (primary N) is 1. The third-order valence-corrected chi connectivity index (χ3v) is 2.97. The summed E-state index contributed by atoms with van der Waals surface area (Å²) in [5.74, 6) is -4.11. The number of rotatable bonds is 3. The molecule has 0 aliphatic rings. The average Bonchev–Trinajstić information content (AvgIpc) is 2.44. The van der Waals surface area contributed by atoms with Crippen LogP contribution in [0.2, 0.25) is 0 Å². The summed E-state index contributed by atoms with van der Waals surface area (Å²) in [6, 6.07) is 6.27. The predicted molar refractivity (Wildman–Crippen MR) is 67.8 cm³/mol. The topological polar surface area (TPSA) is 55.5 Å². The highest BCUT2D eigenvalue weighted by atomic mass is 19.2. The number of para-hydroxylation sites is 1. The number of halogens is 3. The third-order valence-electron chi connectivity index (χ3n) is 2.97. The zero-order valence-electron chi connectivity index (χ0n) is 10.5. The summed E-state index contributed by atoms with van der Waals surface area (Å²) in [6.45, 7) is 0. The van der Waals surface area contributed by atoms with E-state index in [0.717, 1.165) is 12.1 Å². The zero-order valence-corrected chi connectivity index (χ0v) is 10.5. The Morgan fingerprint density at radius 3 is 2.40 bits per heavy atom. The molecule has 3 nitrogen and oxygen atoms in total. The van der Waals surface area contributed by atoms with Crippen LogP contribution in [-0.4, -0.2) is 12.2 Å².